The summed E-state index contributed by atoms with van der Waals surface area (Å²) in [5.74, 6) is -0.753. The number of rotatable bonds is 2. The number of carbonyl (C=O) groups is 1. The van der Waals surface area contributed by atoms with Gasteiger partial charge >= 0.3 is 6.09 Å². The van der Waals surface area contributed by atoms with Crippen LogP contribution in [0.25, 0.3) is 0 Å². The van der Waals surface area contributed by atoms with E-state index in [0.29, 0.717) is 5.56 Å². The standard InChI is InChI=1S/C13H16ClFN2O3/c14-10-2-1-8(5-11(10)15)12-9(6-16)7-17(13(18)19)3-4-20-12/h1-2,5,9,12H,3-4,6-7,16H2,(H,18,19)/t9-,12+/m1/s1. The van der Waals surface area contributed by atoms with Crippen molar-refractivity contribution in [2.45, 2.75) is 6.10 Å². The fourth-order valence-electron chi connectivity index (χ4n) is 2.33. The SMILES string of the molecule is NC[C@@H]1CN(C(=O)O)CCO[C@H]1c1ccc(Cl)c(F)c1. The Kier molecular flexibility index (Phi) is 4.80. The molecule has 5 nitrogen and oxygen atoms in total. The number of benzene rings is 1. The molecule has 2 atom stereocenters. The monoisotopic (exact) mass is 302 g/mol. The third kappa shape index (κ3) is 3.20. The number of amides is 1. The summed E-state index contributed by atoms with van der Waals surface area (Å²) in [6.07, 6.45) is -1.44. The van der Waals surface area contributed by atoms with Crippen molar-refractivity contribution in [2.75, 3.05) is 26.2 Å². The Morgan fingerprint density at radius 1 is 1.60 bits per heavy atom. The molecule has 0 radical (unpaired) electrons. The second-order valence-corrected chi connectivity index (χ2v) is 5.10. The molecular formula is C13H16ClFN2O3. The van der Waals surface area contributed by atoms with Gasteiger partial charge in [-0.2, -0.15) is 0 Å². The maximum absolute atomic E-state index is 13.5. The fraction of sp³-hybridized carbons (Fsp3) is 0.462. The second-order valence-electron chi connectivity index (χ2n) is 4.69. The van der Waals surface area contributed by atoms with Crippen LogP contribution in [0.15, 0.2) is 18.2 Å². The maximum Gasteiger partial charge on any atom is 0.407 e. The van der Waals surface area contributed by atoms with Crippen molar-refractivity contribution >= 4 is 17.7 Å². The summed E-state index contributed by atoms with van der Waals surface area (Å²) in [6, 6.07) is 4.45. The van der Waals surface area contributed by atoms with E-state index in [0.717, 1.165) is 0 Å². The van der Waals surface area contributed by atoms with Gasteiger partial charge in [0, 0.05) is 19.0 Å². The van der Waals surface area contributed by atoms with Gasteiger partial charge < -0.3 is 20.5 Å². The molecular weight excluding hydrogens is 287 g/mol. The van der Waals surface area contributed by atoms with Gasteiger partial charge in [-0.1, -0.05) is 17.7 Å². The van der Waals surface area contributed by atoms with Crippen LogP contribution in [0.5, 0.6) is 0 Å². The first-order chi connectivity index (χ1) is 9.52. The Morgan fingerprint density at radius 2 is 2.35 bits per heavy atom. The first kappa shape index (κ1) is 15.0. The molecule has 0 saturated carbocycles. The normalized spacial score (nSPS) is 23.4. The topological polar surface area (TPSA) is 75.8 Å². The number of hydrogen-bond acceptors (Lipinski definition) is 3. The van der Waals surface area contributed by atoms with E-state index < -0.39 is 18.0 Å². The van der Waals surface area contributed by atoms with E-state index in [1.807, 2.05) is 0 Å². The molecule has 1 heterocycles. The van der Waals surface area contributed by atoms with Crippen LogP contribution < -0.4 is 5.73 Å². The molecule has 0 bridgehead atoms. The van der Waals surface area contributed by atoms with Crippen molar-refractivity contribution in [1.29, 1.82) is 0 Å². The van der Waals surface area contributed by atoms with Gasteiger partial charge in [0.25, 0.3) is 0 Å². The zero-order valence-corrected chi connectivity index (χ0v) is 11.5. The first-order valence-corrected chi connectivity index (χ1v) is 6.65. The van der Waals surface area contributed by atoms with Gasteiger partial charge in [0.05, 0.1) is 17.7 Å². The molecule has 0 unspecified atom stereocenters. The Bertz CT molecular complexity index is 501. The van der Waals surface area contributed by atoms with E-state index in [4.69, 9.17) is 27.2 Å². The summed E-state index contributed by atoms with van der Waals surface area (Å²) in [4.78, 5) is 12.3. The third-order valence-electron chi connectivity index (χ3n) is 3.39. The van der Waals surface area contributed by atoms with E-state index in [2.05, 4.69) is 0 Å². The first-order valence-electron chi connectivity index (χ1n) is 6.27. The van der Waals surface area contributed by atoms with Crippen LogP contribution in [0.1, 0.15) is 11.7 Å². The van der Waals surface area contributed by atoms with Gasteiger partial charge in [-0.05, 0) is 24.2 Å². The minimum Gasteiger partial charge on any atom is -0.465 e. The molecule has 20 heavy (non-hydrogen) atoms. The molecule has 0 aliphatic carbocycles. The van der Waals surface area contributed by atoms with E-state index in [9.17, 15) is 9.18 Å². The molecule has 1 amide bonds. The highest BCUT2D eigenvalue weighted by Crippen LogP contribution is 2.30. The van der Waals surface area contributed by atoms with E-state index in [1.165, 1.54) is 17.0 Å². The Labute approximate surface area is 121 Å². The minimum atomic E-state index is -1.00. The van der Waals surface area contributed by atoms with E-state index in [-0.39, 0.29) is 37.2 Å². The zero-order valence-electron chi connectivity index (χ0n) is 10.8. The number of nitrogens with zero attached hydrogens (tertiary/aromatic N) is 1. The molecule has 1 aliphatic heterocycles. The molecule has 1 saturated heterocycles. The van der Waals surface area contributed by atoms with Crippen molar-refractivity contribution in [1.82, 2.24) is 4.90 Å². The van der Waals surface area contributed by atoms with Gasteiger partial charge in [-0.25, -0.2) is 9.18 Å². The van der Waals surface area contributed by atoms with Crippen LogP contribution in [0.4, 0.5) is 9.18 Å². The smallest absolute Gasteiger partial charge is 0.407 e. The van der Waals surface area contributed by atoms with Crippen LogP contribution in [0, 0.1) is 11.7 Å². The summed E-state index contributed by atoms with van der Waals surface area (Å²) >= 11 is 5.66. The fourth-order valence-corrected chi connectivity index (χ4v) is 2.44. The van der Waals surface area contributed by atoms with Crippen molar-refractivity contribution < 1.29 is 19.0 Å². The quantitative estimate of drug-likeness (QED) is 0.877. The Morgan fingerprint density at radius 3 is 2.95 bits per heavy atom. The largest absolute Gasteiger partial charge is 0.465 e. The minimum absolute atomic E-state index is 0.0406. The van der Waals surface area contributed by atoms with Crippen LogP contribution in [0.2, 0.25) is 5.02 Å². The highest BCUT2D eigenvalue weighted by Gasteiger charge is 2.30. The summed E-state index contributed by atoms with van der Waals surface area (Å²) in [7, 11) is 0. The van der Waals surface area contributed by atoms with Crippen LogP contribution in [0.3, 0.4) is 0 Å². The van der Waals surface area contributed by atoms with E-state index in [1.54, 1.807) is 6.07 Å². The summed E-state index contributed by atoms with van der Waals surface area (Å²) < 4.78 is 19.2. The highest BCUT2D eigenvalue weighted by molar-refractivity contribution is 6.30. The number of nitrogens with two attached hydrogens (primary N) is 1. The molecule has 1 aromatic rings. The summed E-state index contributed by atoms with van der Waals surface area (Å²) in [6.45, 7) is 1.04. The summed E-state index contributed by atoms with van der Waals surface area (Å²) in [5.41, 5.74) is 6.33. The van der Waals surface area contributed by atoms with Crippen molar-refractivity contribution in [2.24, 2.45) is 11.7 Å². The molecule has 2 rings (SSSR count). The van der Waals surface area contributed by atoms with Gasteiger partial charge in [0.2, 0.25) is 0 Å². The van der Waals surface area contributed by atoms with Crippen LogP contribution >= 0.6 is 11.6 Å². The van der Waals surface area contributed by atoms with Crippen molar-refractivity contribution in [3.8, 4) is 0 Å². The lowest BCUT2D eigenvalue weighted by molar-refractivity contribution is 0.0329. The predicted molar refractivity (Wildman–Crippen MR) is 72.2 cm³/mol. The zero-order chi connectivity index (χ0) is 14.7. The van der Waals surface area contributed by atoms with Crippen molar-refractivity contribution in [3.05, 3.63) is 34.6 Å². The lowest BCUT2D eigenvalue weighted by atomic mass is 9.95. The molecule has 1 aliphatic rings. The van der Waals surface area contributed by atoms with Gasteiger partial charge in [-0.15, -0.1) is 0 Å². The number of carboxylic acid groups (broad SMARTS) is 1. The van der Waals surface area contributed by atoms with Crippen LogP contribution in [-0.2, 0) is 4.74 Å². The van der Waals surface area contributed by atoms with Gasteiger partial charge in [0.15, 0.2) is 0 Å². The Balaban J connectivity index is 2.24. The summed E-state index contributed by atoms with van der Waals surface area (Å²) in [5, 5.41) is 9.11. The molecule has 0 aromatic heterocycles. The molecule has 7 heteroatoms. The lowest BCUT2D eigenvalue weighted by Crippen LogP contribution is -2.37. The van der Waals surface area contributed by atoms with E-state index >= 15 is 0 Å². The molecule has 1 fully saturated rings. The van der Waals surface area contributed by atoms with Crippen molar-refractivity contribution in [3.63, 3.8) is 0 Å². The predicted octanol–water partition coefficient (Wildman–Crippen LogP) is 2.11. The van der Waals surface area contributed by atoms with Crippen LogP contribution in [-0.4, -0.2) is 42.3 Å². The molecule has 110 valence electrons. The second kappa shape index (κ2) is 6.39. The molecule has 1 aromatic carbocycles. The average Bonchev–Trinajstić information content (AvgIpc) is 2.64. The number of hydrogen-bond donors (Lipinski definition) is 2. The highest BCUT2D eigenvalue weighted by atomic mass is 35.5. The van der Waals surface area contributed by atoms with Gasteiger partial charge in [-0.3, -0.25) is 0 Å². The maximum atomic E-state index is 13.5. The number of ether oxygens (including phenoxy) is 1. The lowest BCUT2D eigenvalue weighted by Gasteiger charge is -2.25. The number of halogens is 2. The van der Waals surface area contributed by atoms with Gasteiger partial charge in [0.1, 0.15) is 5.82 Å². The third-order valence-corrected chi connectivity index (χ3v) is 3.69. The molecule has 0 spiro atoms. The Hall–Kier alpha value is -1.37. The molecule has 3 N–H and O–H groups in total. The average molecular weight is 303 g/mol.